The number of hydrogen-bond donors (Lipinski definition) is 1. The van der Waals surface area contributed by atoms with Crippen molar-refractivity contribution >= 4 is 11.9 Å². The topological polar surface area (TPSA) is 82.4 Å². The van der Waals surface area contributed by atoms with Crippen molar-refractivity contribution in [3.63, 3.8) is 0 Å². The zero-order valence-electron chi connectivity index (χ0n) is 12.6. The number of hydrogen-bond acceptors (Lipinski definition) is 5. The minimum Gasteiger partial charge on any atom is -0.465 e. The highest BCUT2D eigenvalue weighted by Gasteiger charge is 2.37. The molecule has 1 saturated carbocycles. The summed E-state index contributed by atoms with van der Waals surface area (Å²) in [4.78, 5) is 25.9. The molecule has 6 heteroatoms. The van der Waals surface area contributed by atoms with Gasteiger partial charge in [0.15, 0.2) is 0 Å². The Labute approximate surface area is 125 Å². The molecule has 1 heterocycles. The van der Waals surface area contributed by atoms with Crippen molar-refractivity contribution in [2.45, 2.75) is 57.0 Å². The molecule has 1 aliphatic heterocycles. The number of ether oxygens (including phenoxy) is 1. The first-order chi connectivity index (χ1) is 10.1. The van der Waals surface area contributed by atoms with Gasteiger partial charge in [-0.05, 0) is 52.0 Å². The Morgan fingerprint density at radius 1 is 1.38 bits per heavy atom. The lowest BCUT2D eigenvalue weighted by Gasteiger charge is -2.26. The summed E-state index contributed by atoms with van der Waals surface area (Å²) in [5, 5.41) is 12.2. The lowest BCUT2D eigenvalue weighted by molar-refractivity contribution is -0.148. The molecule has 1 N–H and O–H groups in total. The van der Waals surface area contributed by atoms with E-state index in [0.29, 0.717) is 6.61 Å². The average Bonchev–Trinajstić information content (AvgIpc) is 3.09. The van der Waals surface area contributed by atoms with Gasteiger partial charge in [-0.3, -0.25) is 14.5 Å². The molecule has 1 amide bonds. The van der Waals surface area contributed by atoms with Gasteiger partial charge in [0.25, 0.3) is 0 Å². The quantitative estimate of drug-likeness (QED) is 0.764. The van der Waals surface area contributed by atoms with Crippen LogP contribution >= 0.6 is 0 Å². The van der Waals surface area contributed by atoms with Gasteiger partial charge < -0.3 is 10.1 Å². The Hall–Kier alpha value is -1.61. The third-order valence-electron chi connectivity index (χ3n) is 4.32. The first-order valence-electron chi connectivity index (χ1n) is 7.73. The zero-order valence-corrected chi connectivity index (χ0v) is 12.6. The van der Waals surface area contributed by atoms with Crippen molar-refractivity contribution in [3.8, 4) is 6.07 Å². The second-order valence-corrected chi connectivity index (χ2v) is 5.83. The maximum absolute atomic E-state index is 12.2. The third-order valence-corrected chi connectivity index (χ3v) is 4.32. The van der Waals surface area contributed by atoms with Gasteiger partial charge in [-0.25, -0.2) is 0 Å². The summed E-state index contributed by atoms with van der Waals surface area (Å²) in [5.41, 5.74) is -0.698. The normalized spacial score (nSPS) is 24.5. The Morgan fingerprint density at radius 3 is 2.71 bits per heavy atom. The molecule has 0 aromatic rings. The highest BCUT2D eigenvalue weighted by atomic mass is 16.5. The van der Waals surface area contributed by atoms with Crippen molar-refractivity contribution in [1.29, 1.82) is 5.26 Å². The van der Waals surface area contributed by atoms with Crippen LogP contribution in [0.4, 0.5) is 0 Å². The molecule has 0 radical (unpaired) electrons. The predicted octanol–water partition coefficient (Wildman–Crippen LogP) is 0.966. The van der Waals surface area contributed by atoms with Crippen molar-refractivity contribution in [1.82, 2.24) is 10.2 Å². The second-order valence-electron chi connectivity index (χ2n) is 5.83. The first-order valence-corrected chi connectivity index (χ1v) is 7.73. The monoisotopic (exact) mass is 293 g/mol. The van der Waals surface area contributed by atoms with E-state index in [2.05, 4.69) is 11.4 Å². The standard InChI is InChI=1S/C15H23N3O3/c1-2-21-14(20)12-6-5-9-18(12)10-13(19)17-15(11-16)7-3-4-8-15/h12H,2-10H2,1H3,(H,17,19). The number of esters is 1. The highest BCUT2D eigenvalue weighted by molar-refractivity contribution is 5.81. The van der Waals surface area contributed by atoms with Gasteiger partial charge in [0.1, 0.15) is 11.6 Å². The first kappa shape index (κ1) is 15.8. The number of carbonyl (C=O) groups is 2. The average molecular weight is 293 g/mol. The minimum atomic E-state index is -0.698. The van der Waals surface area contributed by atoms with Gasteiger partial charge >= 0.3 is 5.97 Å². The van der Waals surface area contributed by atoms with Crippen LogP contribution in [0.3, 0.4) is 0 Å². The number of nitriles is 1. The molecule has 0 aromatic carbocycles. The zero-order chi connectivity index (χ0) is 15.3. The van der Waals surface area contributed by atoms with Crippen molar-refractivity contribution < 1.29 is 14.3 Å². The summed E-state index contributed by atoms with van der Waals surface area (Å²) in [6, 6.07) is 1.92. The van der Waals surface area contributed by atoms with Crippen LogP contribution in [0.2, 0.25) is 0 Å². The van der Waals surface area contributed by atoms with Gasteiger partial charge in [-0.2, -0.15) is 5.26 Å². The fraction of sp³-hybridized carbons (Fsp3) is 0.800. The second kappa shape index (κ2) is 6.90. The number of rotatable bonds is 5. The maximum Gasteiger partial charge on any atom is 0.323 e. The van der Waals surface area contributed by atoms with E-state index in [4.69, 9.17) is 4.74 Å². The van der Waals surface area contributed by atoms with Gasteiger partial charge in [0, 0.05) is 0 Å². The van der Waals surface area contributed by atoms with Gasteiger partial charge in [0.2, 0.25) is 5.91 Å². The summed E-state index contributed by atoms with van der Waals surface area (Å²) < 4.78 is 5.05. The molecule has 1 unspecified atom stereocenters. The van der Waals surface area contributed by atoms with E-state index in [1.54, 1.807) is 6.92 Å². The summed E-state index contributed by atoms with van der Waals surface area (Å²) in [5.74, 6) is -0.423. The molecule has 2 rings (SSSR count). The van der Waals surface area contributed by atoms with Crippen LogP contribution in [-0.2, 0) is 14.3 Å². The number of nitrogens with zero attached hydrogens (tertiary/aromatic N) is 2. The number of likely N-dealkylation sites (tertiary alicyclic amines) is 1. The molecule has 0 spiro atoms. The Bertz CT molecular complexity index is 438. The lowest BCUT2D eigenvalue weighted by atomic mass is 10.00. The Morgan fingerprint density at radius 2 is 2.10 bits per heavy atom. The Balaban J connectivity index is 1.90. The largest absolute Gasteiger partial charge is 0.465 e. The highest BCUT2D eigenvalue weighted by Crippen LogP contribution is 2.29. The van der Waals surface area contributed by atoms with E-state index in [9.17, 15) is 14.9 Å². The van der Waals surface area contributed by atoms with Crippen LogP contribution in [0.5, 0.6) is 0 Å². The number of amides is 1. The molecule has 1 aliphatic carbocycles. The molecule has 6 nitrogen and oxygen atoms in total. The van der Waals surface area contributed by atoms with Gasteiger partial charge in [-0.15, -0.1) is 0 Å². The van der Waals surface area contributed by atoms with Crippen molar-refractivity contribution in [3.05, 3.63) is 0 Å². The maximum atomic E-state index is 12.2. The van der Waals surface area contributed by atoms with Crippen LogP contribution in [0.1, 0.15) is 45.4 Å². The molecule has 2 aliphatic rings. The molecular weight excluding hydrogens is 270 g/mol. The molecule has 116 valence electrons. The minimum absolute atomic E-state index is 0.160. The molecule has 0 bridgehead atoms. The van der Waals surface area contributed by atoms with Crippen LogP contribution in [0.25, 0.3) is 0 Å². The van der Waals surface area contributed by atoms with Gasteiger partial charge in [0.05, 0.1) is 19.2 Å². The third kappa shape index (κ3) is 3.73. The SMILES string of the molecule is CCOC(=O)C1CCCN1CC(=O)NC1(C#N)CCCC1. The molecule has 21 heavy (non-hydrogen) atoms. The van der Waals surface area contributed by atoms with Crippen LogP contribution in [0, 0.1) is 11.3 Å². The van der Waals surface area contributed by atoms with Crippen molar-refractivity contribution in [2.75, 3.05) is 19.7 Å². The van der Waals surface area contributed by atoms with E-state index in [1.807, 2.05) is 4.90 Å². The van der Waals surface area contributed by atoms with E-state index in [-0.39, 0.29) is 24.5 Å². The molecular formula is C15H23N3O3. The van der Waals surface area contributed by atoms with Crippen LogP contribution < -0.4 is 5.32 Å². The molecule has 2 fully saturated rings. The number of carbonyl (C=O) groups excluding carboxylic acids is 2. The van der Waals surface area contributed by atoms with E-state index in [0.717, 1.165) is 45.1 Å². The summed E-state index contributed by atoms with van der Waals surface area (Å²) >= 11 is 0. The summed E-state index contributed by atoms with van der Waals surface area (Å²) in [6.45, 7) is 3.01. The van der Waals surface area contributed by atoms with E-state index >= 15 is 0 Å². The lowest BCUT2D eigenvalue weighted by Crippen LogP contribution is -2.50. The van der Waals surface area contributed by atoms with E-state index in [1.165, 1.54) is 0 Å². The van der Waals surface area contributed by atoms with Gasteiger partial charge in [-0.1, -0.05) is 0 Å². The van der Waals surface area contributed by atoms with Crippen molar-refractivity contribution in [2.24, 2.45) is 0 Å². The molecule has 1 saturated heterocycles. The Kier molecular flexibility index (Phi) is 5.18. The van der Waals surface area contributed by atoms with E-state index < -0.39 is 5.54 Å². The van der Waals surface area contributed by atoms with Crippen LogP contribution in [0.15, 0.2) is 0 Å². The fourth-order valence-electron chi connectivity index (χ4n) is 3.25. The van der Waals surface area contributed by atoms with Crippen LogP contribution in [-0.4, -0.2) is 48.1 Å². The summed E-state index contributed by atoms with van der Waals surface area (Å²) in [7, 11) is 0. The fourth-order valence-corrected chi connectivity index (χ4v) is 3.25. The number of nitrogens with one attached hydrogen (secondary N) is 1. The molecule has 0 aromatic heterocycles. The predicted molar refractivity (Wildman–Crippen MR) is 76.2 cm³/mol. The summed E-state index contributed by atoms with van der Waals surface area (Å²) in [6.07, 6.45) is 5.01. The molecule has 1 atom stereocenters. The smallest absolute Gasteiger partial charge is 0.323 e.